The zero-order valence-corrected chi connectivity index (χ0v) is 19.4. The van der Waals surface area contributed by atoms with Crippen molar-refractivity contribution in [2.24, 2.45) is 5.92 Å². The van der Waals surface area contributed by atoms with E-state index in [1.54, 1.807) is 6.92 Å². The summed E-state index contributed by atoms with van der Waals surface area (Å²) in [5.74, 6) is 1.43. The Kier molecular flexibility index (Phi) is 7.36. The summed E-state index contributed by atoms with van der Waals surface area (Å²) < 4.78 is 6.88. The smallest absolute Gasteiger partial charge is 0.217 e. The van der Waals surface area contributed by atoms with E-state index in [-0.39, 0.29) is 11.9 Å². The van der Waals surface area contributed by atoms with Gasteiger partial charge >= 0.3 is 0 Å². The number of nitrogens with one attached hydrogen (secondary N) is 1. The second kappa shape index (κ2) is 9.77. The number of halogens is 1. The molecule has 0 spiro atoms. The Hall–Kier alpha value is -1.85. The van der Waals surface area contributed by atoms with Crippen molar-refractivity contribution in [3.05, 3.63) is 63.1 Å². The monoisotopic (exact) mass is 458 g/mol. The fourth-order valence-corrected chi connectivity index (χ4v) is 4.24. The van der Waals surface area contributed by atoms with E-state index in [4.69, 9.17) is 4.74 Å². The van der Waals surface area contributed by atoms with Crippen LogP contribution in [0.4, 0.5) is 0 Å². The molecule has 1 aliphatic rings. The Morgan fingerprint density at radius 2 is 1.97 bits per heavy atom. The molecule has 2 aromatic rings. The summed E-state index contributed by atoms with van der Waals surface area (Å²) in [5.41, 5.74) is 5.24. The van der Waals surface area contributed by atoms with Crippen molar-refractivity contribution >= 4 is 21.8 Å². The number of carbonyl (C=O) groups excluding carboxylic acids is 1. The number of rotatable bonds is 7. The zero-order valence-electron chi connectivity index (χ0n) is 17.8. The van der Waals surface area contributed by atoms with Gasteiger partial charge in [0.2, 0.25) is 5.91 Å². The lowest BCUT2D eigenvalue weighted by Crippen LogP contribution is -2.30. The fourth-order valence-electron chi connectivity index (χ4n) is 3.70. The molecule has 0 saturated heterocycles. The second-order valence-corrected chi connectivity index (χ2v) is 9.23. The van der Waals surface area contributed by atoms with Crippen LogP contribution in [0.1, 0.15) is 56.0 Å². The lowest BCUT2D eigenvalue weighted by atomic mass is 9.95. The van der Waals surface area contributed by atoms with E-state index in [2.05, 4.69) is 76.4 Å². The van der Waals surface area contributed by atoms with Crippen LogP contribution in [0.3, 0.4) is 0 Å². The molecule has 156 valence electrons. The highest BCUT2D eigenvalue weighted by atomic mass is 79.9. The van der Waals surface area contributed by atoms with Crippen LogP contribution in [0.15, 0.2) is 40.9 Å². The van der Waals surface area contributed by atoms with Gasteiger partial charge in [-0.3, -0.25) is 9.69 Å². The van der Waals surface area contributed by atoms with Gasteiger partial charge in [0, 0.05) is 26.6 Å². The van der Waals surface area contributed by atoms with Gasteiger partial charge in [0.25, 0.3) is 0 Å². The average molecular weight is 459 g/mol. The fraction of sp³-hybridized carbons (Fsp3) is 0.458. The lowest BCUT2D eigenvalue weighted by Gasteiger charge is -2.29. The highest BCUT2D eigenvalue weighted by molar-refractivity contribution is 9.10. The molecule has 1 heterocycles. The van der Waals surface area contributed by atoms with Crippen molar-refractivity contribution in [3.63, 3.8) is 0 Å². The summed E-state index contributed by atoms with van der Waals surface area (Å²) in [6.45, 7) is 11.5. The molecule has 1 unspecified atom stereocenters. The predicted molar refractivity (Wildman–Crippen MR) is 121 cm³/mol. The number of benzene rings is 2. The third kappa shape index (κ3) is 6.06. The van der Waals surface area contributed by atoms with Gasteiger partial charge in [0.15, 0.2) is 0 Å². The second-order valence-electron chi connectivity index (χ2n) is 8.38. The SMILES string of the molecule is CC(=O)NC(C)c1ccc2c(c1)CCN(Cc1ccc(OCC(C)C)c(Br)c1)C2. The van der Waals surface area contributed by atoms with Crippen LogP contribution in [0, 0.1) is 5.92 Å². The zero-order chi connectivity index (χ0) is 21.0. The Morgan fingerprint density at radius 3 is 2.66 bits per heavy atom. The topological polar surface area (TPSA) is 41.6 Å². The molecule has 2 aromatic carbocycles. The first-order valence-corrected chi connectivity index (χ1v) is 11.1. The molecule has 3 rings (SSSR count). The van der Waals surface area contributed by atoms with Crippen molar-refractivity contribution in [2.45, 2.75) is 53.2 Å². The number of carbonyl (C=O) groups is 1. The van der Waals surface area contributed by atoms with E-state index >= 15 is 0 Å². The molecule has 29 heavy (non-hydrogen) atoms. The maximum Gasteiger partial charge on any atom is 0.217 e. The highest BCUT2D eigenvalue weighted by Crippen LogP contribution is 2.29. The van der Waals surface area contributed by atoms with E-state index < -0.39 is 0 Å². The molecular formula is C24H31BrN2O2. The largest absolute Gasteiger partial charge is 0.492 e. The Bertz CT molecular complexity index is 866. The molecule has 0 aliphatic carbocycles. The number of hydrogen-bond donors (Lipinski definition) is 1. The van der Waals surface area contributed by atoms with Crippen LogP contribution in [0.5, 0.6) is 5.75 Å². The summed E-state index contributed by atoms with van der Waals surface area (Å²) in [7, 11) is 0. The minimum Gasteiger partial charge on any atom is -0.492 e. The minimum atomic E-state index is 0.00758. The van der Waals surface area contributed by atoms with Gasteiger partial charge in [0.05, 0.1) is 17.1 Å². The third-order valence-electron chi connectivity index (χ3n) is 5.22. The number of ether oxygens (including phenoxy) is 1. The van der Waals surface area contributed by atoms with Crippen molar-refractivity contribution < 1.29 is 9.53 Å². The van der Waals surface area contributed by atoms with Crippen molar-refractivity contribution in [1.29, 1.82) is 0 Å². The van der Waals surface area contributed by atoms with Crippen molar-refractivity contribution in [3.8, 4) is 5.75 Å². The van der Waals surface area contributed by atoms with Crippen molar-refractivity contribution in [2.75, 3.05) is 13.2 Å². The van der Waals surface area contributed by atoms with Crippen LogP contribution in [-0.2, 0) is 24.3 Å². The van der Waals surface area contributed by atoms with Gasteiger partial charge in [0.1, 0.15) is 5.75 Å². The minimum absolute atomic E-state index is 0.00758. The van der Waals surface area contributed by atoms with E-state index in [1.165, 1.54) is 22.3 Å². The quantitative estimate of drug-likeness (QED) is 0.616. The van der Waals surface area contributed by atoms with Gasteiger partial charge in [-0.1, -0.05) is 38.1 Å². The third-order valence-corrected chi connectivity index (χ3v) is 5.84. The summed E-state index contributed by atoms with van der Waals surface area (Å²) in [5, 5.41) is 2.97. The molecule has 0 radical (unpaired) electrons. The maximum absolute atomic E-state index is 11.3. The van der Waals surface area contributed by atoms with Crippen LogP contribution in [0.25, 0.3) is 0 Å². The van der Waals surface area contributed by atoms with E-state index in [0.29, 0.717) is 5.92 Å². The van der Waals surface area contributed by atoms with Gasteiger partial charge < -0.3 is 10.1 Å². The van der Waals surface area contributed by atoms with Gasteiger partial charge in [-0.05, 0) is 69.6 Å². The molecule has 0 bridgehead atoms. The first-order valence-electron chi connectivity index (χ1n) is 10.3. The molecule has 1 aliphatic heterocycles. The predicted octanol–water partition coefficient (Wildman–Crippen LogP) is 5.24. The summed E-state index contributed by atoms with van der Waals surface area (Å²) in [6, 6.07) is 13.1. The summed E-state index contributed by atoms with van der Waals surface area (Å²) in [6.07, 6.45) is 1.03. The maximum atomic E-state index is 11.3. The number of hydrogen-bond acceptors (Lipinski definition) is 3. The molecule has 4 nitrogen and oxygen atoms in total. The lowest BCUT2D eigenvalue weighted by molar-refractivity contribution is -0.119. The number of fused-ring (bicyclic) bond motifs is 1. The normalized spacial score (nSPS) is 15.1. The Labute approximate surface area is 182 Å². The number of nitrogens with zero attached hydrogens (tertiary/aromatic N) is 1. The molecule has 1 amide bonds. The van der Waals surface area contributed by atoms with E-state index in [0.717, 1.165) is 42.9 Å². The van der Waals surface area contributed by atoms with Crippen molar-refractivity contribution in [1.82, 2.24) is 10.2 Å². The number of amides is 1. The summed E-state index contributed by atoms with van der Waals surface area (Å²) >= 11 is 3.65. The van der Waals surface area contributed by atoms with Crippen LogP contribution < -0.4 is 10.1 Å². The van der Waals surface area contributed by atoms with E-state index in [9.17, 15) is 4.79 Å². The van der Waals surface area contributed by atoms with Crippen LogP contribution in [-0.4, -0.2) is 24.0 Å². The Balaban J connectivity index is 1.62. The highest BCUT2D eigenvalue weighted by Gasteiger charge is 2.18. The molecule has 0 aromatic heterocycles. The Morgan fingerprint density at radius 1 is 1.17 bits per heavy atom. The first-order chi connectivity index (χ1) is 13.8. The molecule has 1 N–H and O–H groups in total. The molecule has 0 fully saturated rings. The standard InChI is InChI=1S/C24H31BrN2O2/c1-16(2)15-29-24-8-5-19(11-23(24)25)13-27-10-9-21-12-20(6-7-22(21)14-27)17(3)26-18(4)28/h5-8,11-12,16-17H,9-10,13-15H2,1-4H3,(H,26,28). The average Bonchev–Trinajstić information content (AvgIpc) is 2.66. The van der Waals surface area contributed by atoms with Gasteiger partial charge in [-0.25, -0.2) is 0 Å². The molecule has 1 atom stereocenters. The first kappa shape index (κ1) is 21.8. The molecular weight excluding hydrogens is 428 g/mol. The van der Waals surface area contributed by atoms with E-state index in [1.807, 2.05) is 6.92 Å². The molecule has 0 saturated carbocycles. The van der Waals surface area contributed by atoms with Crippen LogP contribution in [0.2, 0.25) is 0 Å². The summed E-state index contributed by atoms with van der Waals surface area (Å²) in [4.78, 5) is 13.8. The van der Waals surface area contributed by atoms with Gasteiger partial charge in [-0.2, -0.15) is 0 Å². The van der Waals surface area contributed by atoms with Crippen LogP contribution >= 0.6 is 15.9 Å². The van der Waals surface area contributed by atoms with Gasteiger partial charge in [-0.15, -0.1) is 0 Å². The molecule has 5 heteroatoms.